The van der Waals surface area contributed by atoms with Gasteiger partial charge in [0, 0.05) is 62.1 Å². The molecule has 0 unspecified atom stereocenters. The van der Waals surface area contributed by atoms with E-state index in [1.807, 2.05) is 42.7 Å². The molecule has 3 aromatic heterocycles. The van der Waals surface area contributed by atoms with Gasteiger partial charge in [-0.05, 0) is 30.3 Å². The first kappa shape index (κ1) is 19.8. The van der Waals surface area contributed by atoms with Gasteiger partial charge in [0.15, 0.2) is 0 Å². The van der Waals surface area contributed by atoms with Gasteiger partial charge in [0.2, 0.25) is 5.95 Å². The summed E-state index contributed by atoms with van der Waals surface area (Å²) >= 11 is 12.1. The maximum absolute atomic E-state index is 6.13. The zero-order chi connectivity index (χ0) is 21.2. The van der Waals surface area contributed by atoms with Crippen molar-refractivity contribution >= 4 is 35.0 Å². The van der Waals surface area contributed by atoms with Gasteiger partial charge in [0.1, 0.15) is 11.6 Å². The second-order valence-corrected chi connectivity index (χ2v) is 8.01. The highest BCUT2D eigenvalue weighted by molar-refractivity contribution is 6.42. The molecule has 1 aliphatic rings. The zero-order valence-corrected chi connectivity index (χ0v) is 18.1. The molecule has 4 heterocycles. The Labute approximate surface area is 189 Å². The van der Waals surface area contributed by atoms with E-state index in [0.29, 0.717) is 10.0 Å². The summed E-state index contributed by atoms with van der Waals surface area (Å²) < 4.78 is 0. The Morgan fingerprint density at radius 2 is 1.55 bits per heavy atom. The van der Waals surface area contributed by atoms with E-state index in [0.717, 1.165) is 60.6 Å². The number of halogens is 2. The molecule has 0 radical (unpaired) electrons. The van der Waals surface area contributed by atoms with Gasteiger partial charge in [0.25, 0.3) is 0 Å². The van der Waals surface area contributed by atoms with Gasteiger partial charge in [0.05, 0.1) is 15.7 Å². The molecule has 0 saturated carbocycles. The van der Waals surface area contributed by atoms with Crippen LogP contribution in [0.3, 0.4) is 0 Å². The number of rotatable bonds is 4. The maximum atomic E-state index is 6.13. The van der Waals surface area contributed by atoms with Crippen LogP contribution < -0.4 is 9.80 Å². The topological polar surface area (TPSA) is 73.8 Å². The van der Waals surface area contributed by atoms with Gasteiger partial charge >= 0.3 is 0 Å². The minimum Gasteiger partial charge on any atom is -0.353 e. The van der Waals surface area contributed by atoms with Gasteiger partial charge in [-0.2, -0.15) is 0 Å². The first-order valence-electron chi connectivity index (χ1n) is 9.91. The fourth-order valence-electron chi connectivity index (χ4n) is 3.58. The molecule has 5 rings (SSSR count). The van der Waals surface area contributed by atoms with Gasteiger partial charge in [-0.25, -0.2) is 19.9 Å². The largest absolute Gasteiger partial charge is 0.353 e. The fraction of sp³-hybridized carbons (Fsp3) is 0.182. The highest BCUT2D eigenvalue weighted by Gasteiger charge is 2.20. The smallest absolute Gasteiger partial charge is 0.225 e. The summed E-state index contributed by atoms with van der Waals surface area (Å²) in [4.78, 5) is 25.7. The van der Waals surface area contributed by atoms with E-state index in [9.17, 15) is 0 Å². The van der Waals surface area contributed by atoms with Crippen molar-refractivity contribution in [1.29, 1.82) is 0 Å². The van der Waals surface area contributed by atoms with Crippen LogP contribution in [0.5, 0.6) is 0 Å². The molecule has 1 aromatic carbocycles. The van der Waals surface area contributed by atoms with Crippen LogP contribution >= 0.6 is 23.2 Å². The van der Waals surface area contributed by atoms with E-state index in [1.54, 1.807) is 18.5 Å². The van der Waals surface area contributed by atoms with Crippen LogP contribution in [-0.4, -0.2) is 51.1 Å². The number of H-pyrrole nitrogens is 1. The summed E-state index contributed by atoms with van der Waals surface area (Å²) in [6, 6.07) is 11.4. The average Bonchev–Trinajstić information content (AvgIpc) is 3.32. The number of nitrogens with one attached hydrogen (secondary N) is 1. The Balaban J connectivity index is 1.27. The molecule has 1 aliphatic heterocycles. The maximum Gasteiger partial charge on any atom is 0.225 e. The molecule has 0 amide bonds. The third-order valence-corrected chi connectivity index (χ3v) is 5.99. The molecule has 156 valence electrons. The van der Waals surface area contributed by atoms with Crippen molar-refractivity contribution < 1.29 is 0 Å². The molecule has 31 heavy (non-hydrogen) atoms. The van der Waals surface area contributed by atoms with Crippen LogP contribution in [0.4, 0.5) is 11.8 Å². The molecule has 0 bridgehead atoms. The number of hydrogen-bond acceptors (Lipinski definition) is 6. The predicted octanol–water partition coefficient (Wildman–Crippen LogP) is 4.56. The summed E-state index contributed by atoms with van der Waals surface area (Å²) in [7, 11) is 0. The summed E-state index contributed by atoms with van der Waals surface area (Å²) in [6.07, 6.45) is 7.25. The molecule has 0 spiro atoms. The molecule has 4 aromatic rings. The van der Waals surface area contributed by atoms with E-state index in [4.69, 9.17) is 23.2 Å². The number of imidazole rings is 1. The summed E-state index contributed by atoms with van der Waals surface area (Å²) in [5.41, 5.74) is 2.63. The minimum atomic E-state index is 0.508. The fourth-order valence-corrected chi connectivity index (χ4v) is 3.87. The Hall–Kier alpha value is -3.16. The quantitative estimate of drug-likeness (QED) is 0.490. The van der Waals surface area contributed by atoms with Crippen LogP contribution in [0.2, 0.25) is 10.0 Å². The molecule has 7 nitrogen and oxygen atoms in total. The lowest BCUT2D eigenvalue weighted by molar-refractivity contribution is 0.634. The molecule has 1 fully saturated rings. The summed E-state index contributed by atoms with van der Waals surface area (Å²) in [5.74, 6) is 2.49. The van der Waals surface area contributed by atoms with E-state index >= 15 is 0 Å². The predicted molar refractivity (Wildman–Crippen MR) is 124 cm³/mol. The van der Waals surface area contributed by atoms with Crippen molar-refractivity contribution in [3.63, 3.8) is 0 Å². The molecule has 0 atom stereocenters. The third kappa shape index (κ3) is 4.19. The molecular weight excluding hydrogens is 433 g/mol. The standard InChI is InChI=1S/C22H19Cl2N7/c23-17-4-2-15(12-18(17)24)19-14-28-21(29-19)16-3-5-20(27-13-16)30-8-10-31(11-9-30)22-25-6-1-7-26-22/h1-7,12-14H,8-11H2,(H,28,29). The summed E-state index contributed by atoms with van der Waals surface area (Å²) in [6.45, 7) is 3.46. The molecule has 0 aliphatic carbocycles. The van der Waals surface area contributed by atoms with Gasteiger partial charge in [-0.1, -0.05) is 29.3 Å². The van der Waals surface area contributed by atoms with E-state index < -0.39 is 0 Å². The molecule has 1 saturated heterocycles. The SMILES string of the molecule is Clc1ccc(-c2c[nH]c(-c3ccc(N4CCN(c5ncccn5)CC4)nc3)n2)cc1Cl. The second kappa shape index (κ2) is 8.53. The number of pyridine rings is 1. The Morgan fingerprint density at radius 1 is 0.806 bits per heavy atom. The van der Waals surface area contributed by atoms with Crippen molar-refractivity contribution in [2.75, 3.05) is 36.0 Å². The van der Waals surface area contributed by atoms with Crippen LogP contribution in [-0.2, 0) is 0 Å². The summed E-state index contributed by atoms with van der Waals surface area (Å²) in [5, 5.41) is 1.03. The second-order valence-electron chi connectivity index (χ2n) is 7.19. The first-order chi connectivity index (χ1) is 15.2. The lowest BCUT2D eigenvalue weighted by Crippen LogP contribution is -2.47. The third-order valence-electron chi connectivity index (χ3n) is 5.25. The monoisotopic (exact) mass is 451 g/mol. The van der Waals surface area contributed by atoms with Crippen LogP contribution in [0, 0.1) is 0 Å². The van der Waals surface area contributed by atoms with Crippen molar-refractivity contribution in [2.24, 2.45) is 0 Å². The van der Waals surface area contributed by atoms with Crippen molar-refractivity contribution in [2.45, 2.75) is 0 Å². The van der Waals surface area contributed by atoms with E-state index in [-0.39, 0.29) is 0 Å². The van der Waals surface area contributed by atoms with Gasteiger partial charge in [-0.15, -0.1) is 0 Å². The van der Waals surface area contributed by atoms with Gasteiger partial charge < -0.3 is 14.8 Å². The Morgan fingerprint density at radius 3 is 2.26 bits per heavy atom. The number of piperazine rings is 1. The Bertz CT molecular complexity index is 1170. The van der Waals surface area contributed by atoms with Gasteiger partial charge in [-0.3, -0.25) is 0 Å². The van der Waals surface area contributed by atoms with E-state index in [2.05, 4.69) is 34.7 Å². The number of benzene rings is 1. The zero-order valence-electron chi connectivity index (χ0n) is 16.5. The van der Waals surface area contributed by atoms with Crippen LogP contribution in [0.15, 0.2) is 61.2 Å². The normalized spacial score (nSPS) is 14.1. The Kier molecular flexibility index (Phi) is 5.44. The molecular formula is C22H19Cl2N7. The molecule has 1 N–H and O–H groups in total. The van der Waals surface area contributed by atoms with Crippen molar-refractivity contribution in [1.82, 2.24) is 24.9 Å². The van der Waals surface area contributed by atoms with Crippen molar-refractivity contribution in [3.05, 3.63) is 71.2 Å². The number of nitrogens with zero attached hydrogens (tertiary/aromatic N) is 6. The minimum absolute atomic E-state index is 0.508. The first-order valence-corrected chi connectivity index (χ1v) is 10.7. The highest BCUT2D eigenvalue weighted by atomic mass is 35.5. The highest BCUT2D eigenvalue weighted by Crippen LogP contribution is 2.29. The van der Waals surface area contributed by atoms with Crippen LogP contribution in [0.25, 0.3) is 22.6 Å². The number of hydrogen-bond donors (Lipinski definition) is 1. The average molecular weight is 452 g/mol. The number of aromatic nitrogens is 5. The lowest BCUT2D eigenvalue weighted by Gasteiger charge is -2.35. The number of anilines is 2. The number of aromatic amines is 1. The van der Waals surface area contributed by atoms with E-state index in [1.165, 1.54) is 0 Å². The van der Waals surface area contributed by atoms with Crippen LogP contribution in [0.1, 0.15) is 0 Å². The lowest BCUT2D eigenvalue weighted by atomic mass is 10.2. The van der Waals surface area contributed by atoms with Crippen molar-refractivity contribution in [3.8, 4) is 22.6 Å². The molecule has 9 heteroatoms.